The fraction of sp³-hybridized carbons (Fsp3) is 0.143. The Hall–Kier alpha value is -1.16. The molecule has 0 aromatic carbocycles. The maximum Gasteiger partial charge on any atom is 0.143 e. The van der Waals surface area contributed by atoms with E-state index in [0.717, 1.165) is 15.4 Å². The number of pyridine rings is 1. The van der Waals surface area contributed by atoms with Crippen LogP contribution in [-0.4, -0.2) is 9.97 Å². The zero-order chi connectivity index (χ0) is 7.84. The second-order valence-corrected chi connectivity index (χ2v) is 3.51. The fourth-order valence-corrected chi connectivity index (χ4v) is 1.69. The van der Waals surface area contributed by atoms with E-state index in [1.165, 1.54) is 0 Å². The van der Waals surface area contributed by atoms with Gasteiger partial charge in [-0.15, -0.1) is 0 Å². The van der Waals surface area contributed by atoms with E-state index in [9.17, 15) is 0 Å². The summed E-state index contributed by atoms with van der Waals surface area (Å²) >= 11 is 1.58. The lowest BCUT2D eigenvalue weighted by Gasteiger charge is -1.88. The molecule has 2 aromatic heterocycles. The van der Waals surface area contributed by atoms with Gasteiger partial charge >= 0.3 is 0 Å². The first-order chi connectivity index (χ1) is 5.25. The number of hydrogen-bond donors (Lipinski definition) is 1. The average Bonchev–Trinajstić information content (AvgIpc) is 2.27. The molecule has 0 aliphatic rings. The Kier molecular flexibility index (Phi) is 1.29. The number of nitrogens with two attached hydrogens (primary N) is 1. The van der Waals surface area contributed by atoms with E-state index >= 15 is 0 Å². The molecular weight excluding hydrogens is 158 g/mol. The van der Waals surface area contributed by atoms with Crippen LogP contribution in [-0.2, 0) is 0 Å². The molecule has 0 atom stereocenters. The lowest BCUT2D eigenvalue weighted by molar-refractivity contribution is 1.33. The van der Waals surface area contributed by atoms with Gasteiger partial charge in [-0.25, -0.2) is 9.97 Å². The van der Waals surface area contributed by atoms with Crippen molar-refractivity contribution in [1.29, 1.82) is 0 Å². The highest BCUT2D eigenvalue weighted by molar-refractivity contribution is 7.18. The number of nitrogen functional groups attached to an aromatic ring is 1. The van der Waals surface area contributed by atoms with Crippen LogP contribution in [0.3, 0.4) is 0 Å². The average molecular weight is 165 g/mol. The third-order valence-corrected chi connectivity index (χ3v) is 2.27. The third kappa shape index (κ3) is 1.05. The zero-order valence-electron chi connectivity index (χ0n) is 6.03. The summed E-state index contributed by atoms with van der Waals surface area (Å²) in [6.07, 6.45) is 1.65. The minimum Gasteiger partial charge on any atom is -0.397 e. The highest BCUT2D eigenvalue weighted by Gasteiger charge is 1.99. The lowest BCUT2D eigenvalue weighted by Crippen LogP contribution is -1.84. The number of aromatic nitrogens is 2. The van der Waals surface area contributed by atoms with Crippen LogP contribution >= 0.6 is 11.3 Å². The molecule has 11 heavy (non-hydrogen) atoms. The van der Waals surface area contributed by atoms with Gasteiger partial charge < -0.3 is 5.73 Å². The summed E-state index contributed by atoms with van der Waals surface area (Å²) in [5, 5.41) is 1.03. The van der Waals surface area contributed by atoms with E-state index in [1.807, 2.05) is 13.0 Å². The molecule has 0 saturated heterocycles. The molecular formula is C7H7N3S. The molecule has 2 rings (SSSR count). The number of rotatable bonds is 0. The van der Waals surface area contributed by atoms with Gasteiger partial charge in [-0.3, -0.25) is 0 Å². The van der Waals surface area contributed by atoms with Crippen LogP contribution in [0.4, 0.5) is 5.69 Å². The number of aryl methyl sites for hydroxylation is 1. The second-order valence-electron chi connectivity index (χ2n) is 2.33. The van der Waals surface area contributed by atoms with Crippen molar-refractivity contribution in [3.8, 4) is 0 Å². The molecule has 0 fully saturated rings. The highest BCUT2D eigenvalue weighted by Crippen LogP contribution is 2.20. The Bertz CT molecular complexity index is 393. The molecule has 3 nitrogen and oxygen atoms in total. The Morgan fingerprint density at radius 3 is 3.18 bits per heavy atom. The third-order valence-electron chi connectivity index (χ3n) is 1.38. The van der Waals surface area contributed by atoms with E-state index in [4.69, 9.17) is 5.73 Å². The molecule has 0 radical (unpaired) electrons. The molecule has 0 saturated carbocycles. The minimum absolute atomic E-state index is 0.669. The standard InChI is InChI=1S/C7H7N3S/c1-4-10-6-2-5(8)3-9-7(6)11-4/h2-3H,8H2,1H3. The maximum atomic E-state index is 5.54. The van der Waals surface area contributed by atoms with E-state index in [1.54, 1.807) is 17.5 Å². The predicted octanol–water partition coefficient (Wildman–Crippen LogP) is 1.58. The van der Waals surface area contributed by atoms with Crippen molar-refractivity contribution in [2.24, 2.45) is 0 Å². The molecule has 2 heterocycles. The number of nitrogens with zero attached hydrogens (tertiary/aromatic N) is 2. The molecule has 0 amide bonds. The molecule has 0 bridgehead atoms. The van der Waals surface area contributed by atoms with E-state index in [-0.39, 0.29) is 0 Å². The van der Waals surface area contributed by atoms with Gasteiger partial charge in [0.15, 0.2) is 0 Å². The topological polar surface area (TPSA) is 51.8 Å². The molecule has 2 aromatic rings. The van der Waals surface area contributed by atoms with Crippen LogP contribution in [0, 0.1) is 6.92 Å². The Balaban J connectivity index is 2.82. The molecule has 0 spiro atoms. The van der Waals surface area contributed by atoms with Gasteiger partial charge in [-0.1, -0.05) is 11.3 Å². The van der Waals surface area contributed by atoms with Crippen molar-refractivity contribution >= 4 is 27.4 Å². The Morgan fingerprint density at radius 2 is 2.36 bits per heavy atom. The SMILES string of the molecule is Cc1nc2cc(N)cnc2s1. The van der Waals surface area contributed by atoms with Gasteiger partial charge in [-0.2, -0.15) is 0 Å². The van der Waals surface area contributed by atoms with Gasteiger partial charge in [0, 0.05) is 0 Å². The zero-order valence-corrected chi connectivity index (χ0v) is 6.85. The summed E-state index contributed by atoms with van der Waals surface area (Å²) in [6.45, 7) is 1.96. The molecule has 0 unspecified atom stereocenters. The van der Waals surface area contributed by atoms with Crippen molar-refractivity contribution in [3.05, 3.63) is 17.3 Å². The Labute approximate surface area is 67.9 Å². The van der Waals surface area contributed by atoms with E-state index in [2.05, 4.69) is 9.97 Å². The highest BCUT2D eigenvalue weighted by atomic mass is 32.1. The smallest absolute Gasteiger partial charge is 0.143 e. The number of hydrogen-bond acceptors (Lipinski definition) is 4. The fourth-order valence-electron chi connectivity index (χ4n) is 0.947. The molecule has 56 valence electrons. The number of anilines is 1. The van der Waals surface area contributed by atoms with Crippen molar-refractivity contribution in [2.75, 3.05) is 5.73 Å². The van der Waals surface area contributed by atoms with Crippen LogP contribution in [0.1, 0.15) is 5.01 Å². The van der Waals surface area contributed by atoms with E-state index < -0.39 is 0 Å². The summed E-state index contributed by atoms with van der Waals surface area (Å²) < 4.78 is 0. The largest absolute Gasteiger partial charge is 0.397 e. The summed E-state index contributed by atoms with van der Waals surface area (Å²) in [5.41, 5.74) is 7.10. The van der Waals surface area contributed by atoms with Crippen LogP contribution in [0.2, 0.25) is 0 Å². The predicted molar refractivity (Wildman–Crippen MR) is 46.6 cm³/mol. The maximum absolute atomic E-state index is 5.54. The van der Waals surface area contributed by atoms with Crippen molar-refractivity contribution in [3.63, 3.8) is 0 Å². The summed E-state index contributed by atoms with van der Waals surface area (Å²) in [5.74, 6) is 0. The molecule has 0 aliphatic carbocycles. The molecule has 0 aliphatic heterocycles. The van der Waals surface area contributed by atoms with Gasteiger partial charge in [0.2, 0.25) is 0 Å². The second kappa shape index (κ2) is 2.17. The van der Waals surface area contributed by atoms with Gasteiger partial charge in [0.25, 0.3) is 0 Å². The lowest BCUT2D eigenvalue weighted by atomic mass is 10.4. The van der Waals surface area contributed by atoms with Crippen molar-refractivity contribution in [2.45, 2.75) is 6.92 Å². The quantitative estimate of drug-likeness (QED) is 0.644. The summed E-state index contributed by atoms with van der Waals surface area (Å²) in [6, 6.07) is 1.84. The molecule has 4 heteroatoms. The molecule has 2 N–H and O–H groups in total. The van der Waals surface area contributed by atoms with Gasteiger partial charge in [0.05, 0.1) is 16.9 Å². The van der Waals surface area contributed by atoms with Crippen LogP contribution in [0.15, 0.2) is 12.3 Å². The number of fused-ring (bicyclic) bond motifs is 1. The number of thiazole rings is 1. The first kappa shape index (κ1) is 6.54. The Morgan fingerprint density at radius 1 is 1.55 bits per heavy atom. The van der Waals surface area contributed by atoms with Crippen LogP contribution in [0.5, 0.6) is 0 Å². The monoisotopic (exact) mass is 165 g/mol. The van der Waals surface area contributed by atoms with Crippen molar-refractivity contribution < 1.29 is 0 Å². The minimum atomic E-state index is 0.669. The van der Waals surface area contributed by atoms with Gasteiger partial charge in [-0.05, 0) is 13.0 Å². The summed E-state index contributed by atoms with van der Waals surface area (Å²) in [7, 11) is 0. The van der Waals surface area contributed by atoms with Gasteiger partial charge in [0.1, 0.15) is 10.3 Å². The van der Waals surface area contributed by atoms with Crippen LogP contribution < -0.4 is 5.73 Å². The van der Waals surface area contributed by atoms with Crippen LogP contribution in [0.25, 0.3) is 10.3 Å². The van der Waals surface area contributed by atoms with E-state index in [0.29, 0.717) is 5.69 Å². The normalized spacial score (nSPS) is 10.6. The first-order valence-corrected chi connectivity index (χ1v) is 4.06. The first-order valence-electron chi connectivity index (χ1n) is 3.24. The van der Waals surface area contributed by atoms with Crippen molar-refractivity contribution in [1.82, 2.24) is 9.97 Å². The summed E-state index contributed by atoms with van der Waals surface area (Å²) in [4.78, 5) is 9.34.